The number of benzene rings is 2. The van der Waals surface area contributed by atoms with Crippen LogP contribution in [-0.4, -0.2) is 20.8 Å². The highest BCUT2D eigenvalue weighted by molar-refractivity contribution is 7.99. The first-order chi connectivity index (χ1) is 11.9. The topological polar surface area (TPSA) is 55.4 Å². The van der Waals surface area contributed by atoms with Crippen LogP contribution in [0.4, 0.5) is 14.5 Å². The van der Waals surface area contributed by atoms with E-state index in [4.69, 9.17) is 4.74 Å². The van der Waals surface area contributed by atoms with Gasteiger partial charge in [-0.25, -0.2) is 8.42 Å². The molecule has 0 aliphatic rings. The third-order valence-electron chi connectivity index (χ3n) is 3.23. The molecule has 1 N–H and O–H groups in total. The molecule has 0 radical (unpaired) electrons. The maximum atomic E-state index is 12.4. The van der Waals surface area contributed by atoms with Crippen molar-refractivity contribution in [3.63, 3.8) is 0 Å². The summed E-state index contributed by atoms with van der Waals surface area (Å²) in [5, 5.41) is 0. The lowest BCUT2D eigenvalue weighted by Crippen LogP contribution is -2.12. The number of alkyl halides is 2. The van der Waals surface area contributed by atoms with Crippen LogP contribution in [0.3, 0.4) is 0 Å². The largest absolute Gasteiger partial charge is 0.494 e. The van der Waals surface area contributed by atoms with E-state index in [1.165, 1.54) is 36.4 Å². The first kappa shape index (κ1) is 19.5. The van der Waals surface area contributed by atoms with Crippen molar-refractivity contribution in [2.45, 2.75) is 35.3 Å². The second kappa shape index (κ2) is 9.05. The molecule has 2 aromatic rings. The van der Waals surface area contributed by atoms with Crippen molar-refractivity contribution in [1.29, 1.82) is 0 Å². The quantitative estimate of drug-likeness (QED) is 0.487. The second-order valence-electron chi connectivity index (χ2n) is 5.18. The molecule has 0 aliphatic carbocycles. The Morgan fingerprint density at radius 2 is 1.72 bits per heavy atom. The number of ether oxygens (including phenoxy) is 1. The number of sulfonamides is 1. The van der Waals surface area contributed by atoms with Crippen LogP contribution in [0.5, 0.6) is 5.75 Å². The fourth-order valence-electron chi connectivity index (χ4n) is 1.97. The lowest BCUT2D eigenvalue weighted by atomic mass is 10.3. The Hall–Kier alpha value is -1.80. The van der Waals surface area contributed by atoms with E-state index in [1.54, 1.807) is 12.1 Å². The van der Waals surface area contributed by atoms with Crippen LogP contribution in [-0.2, 0) is 10.0 Å². The zero-order valence-electron chi connectivity index (χ0n) is 13.6. The molecule has 0 saturated heterocycles. The molecule has 136 valence electrons. The summed E-state index contributed by atoms with van der Waals surface area (Å²) in [7, 11) is -3.75. The van der Waals surface area contributed by atoms with E-state index in [-0.39, 0.29) is 4.90 Å². The van der Waals surface area contributed by atoms with Crippen LogP contribution < -0.4 is 9.46 Å². The summed E-state index contributed by atoms with van der Waals surface area (Å²) < 4.78 is 57.2. The van der Waals surface area contributed by atoms with Gasteiger partial charge >= 0.3 is 0 Å². The minimum Gasteiger partial charge on any atom is -0.494 e. The number of halogens is 2. The summed E-state index contributed by atoms with van der Waals surface area (Å²) in [5.74, 6) is -1.90. The van der Waals surface area contributed by atoms with Gasteiger partial charge in [0.05, 0.1) is 11.5 Å². The summed E-state index contributed by atoms with van der Waals surface area (Å²) in [6.45, 7) is 2.65. The van der Waals surface area contributed by atoms with Gasteiger partial charge in [-0.05, 0) is 55.0 Å². The maximum absolute atomic E-state index is 12.4. The summed E-state index contributed by atoms with van der Waals surface area (Å²) in [6, 6.07) is 11.9. The molecule has 0 unspecified atom stereocenters. The molecule has 0 aliphatic heterocycles. The minimum atomic E-state index is -3.75. The fraction of sp³-hybridized carbons (Fsp3) is 0.294. The third-order valence-corrected chi connectivity index (χ3v) is 5.35. The minimum absolute atomic E-state index is 0.0985. The lowest BCUT2D eigenvalue weighted by molar-refractivity contribution is 0.252. The fourth-order valence-corrected chi connectivity index (χ4v) is 3.53. The van der Waals surface area contributed by atoms with Crippen LogP contribution in [0.1, 0.15) is 19.8 Å². The van der Waals surface area contributed by atoms with E-state index in [2.05, 4.69) is 11.6 Å². The summed E-state index contributed by atoms with van der Waals surface area (Å²) in [5.41, 5.74) is 0.307. The molecule has 0 heterocycles. The zero-order valence-corrected chi connectivity index (χ0v) is 15.2. The third kappa shape index (κ3) is 6.21. The summed E-state index contributed by atoms with van der Waals surface area (Å²) in [4.78, 5) is 0.466. The zero-order chi connectivity index (χ0) is 18.3. The molecule has 0 bridgehead atoms. The maximum Gasteiger partial charge on any atom is 0.288 e. The highest BCUT2D eigenvalue weighted by Crippen LogP contribution is 2.27. The molecule has 0 atom stereocenters. The number of thioether (sulfide) groups is 1. The standard InChI is InChI=1S/C17H19F2NO3S2/c1-2-3-12-23-14-6-10-16(11-7-14)25(21,22)20-13-4-8-15(9-5-13)24-17(18)19/h4-11,17,20H,2-3,12H2,1H3. The van der Waals surface area contributed by atoms with Gasteiger partial charge in [-0.3, -0.25) is 4.72 Å². The number of hydrogen-bond acceptors (Lipinski definition) is 4. The molecule has 2 aromatic carbocycles. The van der Waals surface area contributed by atoms with Crippen LogP contribution in [0.15, 0.2) is 58.3 Å². The van der Waals surface area contributed by atoms with Crippen molar-refractivity contribution >= 4 is 27.5 Å². The predicted molar refractivity (Wildman–Crippen MR) is 96.0 cm³/mol. The van der Waals surface area contributed by atoms with E-state index in [9.17, 15) is 17.2 Å². The van der Waals surface area contributed by atoms with Gasteiger partial charge in [-0.2, -0.15) is 8.78 Å². The first-order valence-corrected chi connectivity index (χ1v) is 10.1. The number of hydrogen-bond donors (Lipinski definition) is 1. The number of anilines is 1. The van der Waals surface area contributed by atoms with Crippen LogP contribution in [0.2, 0.25) is 0 Å². The van der Waals surface area contributed by atoms with Crippen molar-refractivity contribution in [3.8, 4) is 5.75 Å². The summed E-state index contributed by atoms with van der Waals surface area (Å²) >= 11 is 0.407. The predicted octanol–water partition coefficient (Wildman–Crippen LogP) is 4.98. The molecule has 0 fully saturated rings. The van der Waals surface area contributed by atoms with E-state index >= 15 is 0 Å². The van der Waals surface area contributed by atoms with Gasteiger partial charge in [0.2, 0.25) is 0 Å². The van der Waals surface area contributed by atoms with Crippen LogP contribution in [0.25, 0.3) is 0 Å². The van der Waals surface area contributed by atoms with Crippen molar-refractivity contribution in [1.82, 2.24) is 0 Å². The Bertz CT molecular complexity index is 763. The lowest BCUT2D eigenvalue weighted by Gasteiger charge is -2.10. The normalized spacial score (nSPS) is 11.5. The van der Waals surface area contributed by atoms with Gasteiger partial charge in [0, 0.05) is 10.6 Å². The van der Waals surface area contributed by atoms with Crippen molar-refractivity contribution < 1.29 is 21.9 Å². The van der Waals surface area contributed by atoms with E-state index in [0.29, 0.717) is 34.7 Å². The molecule has 0 aromatic heterocycles. The second-order valence-corrected chi connectivity index (χ2v) is 7.93. The summed E-state index contributed by atoms with van der Waals surface area (Å²) in [6.07, 6.45) is 1.95. The molecule has 25 heavy (non-hydrogen) atoms. The monoisotopic (exact) mass is 387 g/mol. The van der Waals surface area contributed by atoms with Gasteiger partial charge in [0.15, 0.2) is 0 Å². The Kier molecular flexibility index (Phi) is 7.07. The van der Waals surface area contributed by atoms with Crippen LogP contribution >= 0.6 is 11.8 Å². The van der Waals surface area contributed by atoms with Gasteiger partial charge in [0.1, 0.15) is 5.75 Å². The average molecular weight is 387 g/mol. The molecule has 0 spiro atoms. The molecule has 4 nitrogen and oxygen atoms in total. The van der Waals surface area contributed by atoms with Crippen molar-refractivity contribution in [2.24, 2.45) is 0 Å². The van der Waals surface area contributed by atoms with E-state index < -0.39 is 15.8 Å². The Balaban J connectivity index is 2.03. The van der Waals surface area contributed by atoms with Gasteiger partial charge < -0.3 is 4.74 Å². The Labute approximate surface area is 150 Å². The Morgan fingerprint density at radius 3 is 2.28 bits per heavy atom. The molecule has 0 amide bonds. The molecular weight excluding hydrogens is 368 g/mol. The van der Waals surface area contributed by atoms with Crippen molar-refractivity contribution in [2.75, 3.05) is 11.3 Å². The highest BCUT2D eigenvalue weighted by atomic mass is 32.2. The Morgan fingerprint density at radius 1 is 1.08 bits per heavy atom. The molecule has 8 heteroatoms. The average Bonchev–Trinajstić information content (AvgIpc) is 2.57. The molecular formula is C17H19F2NO3S2. The molecule has 2 rings (SSSR count). The van der Waals surface area contributed by atoms with Crippen LogP contribution in [0, 0.1) is 0 Å². The number of rotatable bonds is 9. The number of nitrogens with one attached hydrogen (secondary N) is 1. The van der Waals surface area contributed by atoms with Crippen molar-refractivity contribution in [3.05, 3.63) is 48.5 Å². The van der Waals surface area contributed by atoms with Gasteiger partial charge in [0.25, 0.3) is 15.8 Å². The number of unbranched alkanes of at least 4 members (excludes halogenated alkanes) is 1. The SMILES string of the molecule is CCCCOc1ccc(S(=O)(=O)Nc2ccc(SC(F)F)cc2)cc1. The van der Waals surface area contributed by atoms with E-state index in [1.807, 2.05) is 0 Å². The highest BCUT2D eigenvalue weighted by Gasteiger charge is 2.14. The molecule has 0 saturated carbocycles. The van der Waals surface area contributed by atoms with Gasteiger partial charge in [-0.1, -0.05) is 25.1 Å². The van der Waals surface area contributed by atoms with E-state index in [0.717, 1.165) is 12.8 Å². The van der Waals surface area contributed by atoms with Gasteiger partial charge in [-0.15, -0.1) is 0 Å². The smallest absolute Gasteiger partial charge is 0.288 e. The first-order valence-electron chi connectivity index (χ1n) is 7.71.